The third kappa shape index (κ3) is 3.85. The third-order valence-corrected chi connectivity index (χ3v) is 3.12. The maximum Gasteiger partial charge on any atom is 0.409 e. The maximum absolute atomic E-state index is 12.0. The number of likely N-dealkylation sites (tertiary alicyclic amines) is 1. The van der Waals surface area contributed by atoms with E-state index in [0.717, 1.165) is 25.9 Å². The third-order valence-electron chi connectivity index (χ3n) is 3.12. The van der Waals surface area contributed by atoms with Crippen LogP contribution in [0.4, 0.5) is 4.79 Å². The van der Waals surface area contributed by atoms with Gasteiger partial charge in [0.15, 0.2) is 0 Å². The highest BCUT2D eigenvalue weighted by molar-refractivity contribution is 5.88. The Labute approximate surface area is 118 Å². The summed E-state index contributed by atoms with van der Waals surface area (Å²) in [5.74, 6) is 0.178. The lowest BCUT2D eigenvalue weighted by atomic mass is 10.1. The Morgan fingerprint density at radius 2 is 1.90 bits per heavy atom. The van der Waals surface area contributed by atoms with Gasteiger partial charge in [-0.2, -0.15) is 0 Å². The molecule has 105 valence electrons. The first-order valence-electron chi connectivity index (χ1n) is 6.62. The summed E-state index contributed by atoms with van der Waals surface area (Å²) in [4.78, 5) is 24.5. The van der Waals surface area contributed by atoms with Gasteiger partial charge >= 0.3 is 6.09 Å². The number of carbonyl (C=O) groups excluding carboxylic acids is 2. The van der Waals surface area contributed by atoms with Gasteiger partial charge in [0.25, 0.3) is 5.91 Å². The molecule has 0 spiro atoms. The fourth-order valence-electron chi connectivity index (χ4n) is 2.13. The Kier molecular flexibility index (Phi) is 4.76. The molecule has 0 aliphatic carbocycles. The van der Waals surface area contributed by atoms with Crippen molar-refractivity contribution in [2.75, 3.05) is 13.1 Å². The van der Waals surface area contributed by atoms with E-state index in [9.17, 15) is 9.59 Å². The number of hydrogen-bond donors (Lipinski definition) is 1. The van der Waals surface area contributed by atoms with Crippen LogP contribution in [0.25, 0.3) is 6.08 Å². The van der Waals surface area contributed by atoms with E-state index >= 15 is 0 Å². The molecule has 0 aromatic heterocycles. The summed E-state index contributed by atoms with van der Waals surface area (Å²) < 4.78 is 4.87. The average molecular weight is 273 g/mol. The fraction of sp³-hybridized carbons (Fsp3) is 0.333. The van der Waals surface area contributed by atoms with Crippen molar-refractivity contribution in [3.8, 4) is 5.75 Å². The minimum atomic E-state index is -0.881. The van der Waals surface area contributed by atoms with E-state index in [1.165, 1.54) is 12.5 Å². The Bertz CT molecular complexity index is 520. The zero-order valence-electron chi connectivity index (χ0n) is 11.2. The lowest BCUT2D eigenvalue weighted by Gasteiger charge is -2.25. The van der Waals surface area contributed by atoms with Crippen molar-refractivity contribution >= 4 is 18.1 Å². The molecule has 20 heavy (non-hydrogen) atoms. The molecule has 0 bridgehead atoms. The van der Waals surface area contributed by atoms with Crippen LogP contribution in [0.1, 0.15) is 24.8 Å². The first-order valence-corrected chi connectivity index (χ1v) is 6.62. The van der Waals surface area contributed by atoms with Crippen LogP contribution in [0.15, 0.2) is 24.3 Å². The van der Waals surface area contributed by atoms with Crippen LogP contribution in [-0.4, -0.2) is 30.0 Å². The highest BCUT2D eigenvalue weighted by Crippen LogP contribution is 2.19. The van der Waals surface area contributed by atoms with Gasteiger partial charge in [-0.3, -0.25) is 4.79 Å². The van der Waals surface area contributed by atoms with E-state index in [0.29, 0.717) is 11.3 Å². The normalized spacial score (nSPS) is 15.3. The molecular weight excluding hydrogens is 256 g/mol. The molecule has 1 radical (unpaired) electrons. The molecule has 1 heterocycles. The zero-order valence-corrected chi connectivity index (χ0v) is 11.2. The van der Waals surface area contributed by atoms with E-state index in [1.807, 2.05) is 0 Å². The van der Waals surface area contributed by atoms with Gasteiger partial charge in [0.1, 0.15) is 5.75 Å². The van der Waals surface area contributed by atoms with Gasteiger partial charge in [-0.15, -0.1) is 0 Å². The molecule has 1 aliphatic rings. The van der Waals surface area contributed by atoms with E-state index in [2.05, 4.69) is 6.08 Å². The molecule has 1 saturated heterocycles. The number of para-hydroxylation sites is 1. The molecule has 2 N–H and O–H groups in total. The van der Waals surface area contributed by atoms with E-state index in [4.69, 9.17) is 10.5 Å². The van der Waals surface area contributed by atoms with Gasteiger partial charge in [-0.05, 0) is 31.4 Å². The van der Waals surface area contributed by atoms with Gasteiger partial charge in [-0.25, -0.2) is 4.79 Å². The number of rotatable bonds is 3. The zero-order chi connectivity index (χ0) is 14.4. The molecular formula is C15H17N2O3. The summed E-state index contributed by atoms with van der Waals surface area (Å²) in [5, 5.41) is 0. The molecule has 1 fully saturated rings. The van der Waals surface area contributed by atoms with Crippen LogP contribution in [0.3, 0.4) is 0 Å². The predicted molar refractivity (Wildman–Crippen MR) is 74.8 cm³/mol. The monoisotopic (exact) mass is 273 g/mol. The van der Waals surface area contributed by atoms with E-state index < -0.39 is 6.09 Å². The molecule has 2 amide bonds. The van der Waals surface area contributed by atoms with Crippen LogP contribution in [0, 0.1) is 6.08 Å². The fourth-order valence-corrected chi connectivity index (χ4v) is 2.13. The molecule has 1 aliphatic heterocycles. The predicted octanol–water partition coefficient (Wildman–Crippen LogP) is 1.97. The minimum Gasteiger partial charge on any atom is -0.410 e. The lowest BCUT2D eigenvalue weighted by molar-refractivity contribution is -0.127. The van der Waals surface area contributed by atoms with Crippen LogP contribution >= 0.6 is 0 Å². The summed E-state index contributed by atoms with van der Waals surface area (Å²) in [5.41, 5.74) is 5.59. The number of nitrogens with zero attached hydrogens (tertiary/aromatic N) is 1. The Morgan fingerprint density at radius 1 is 1.20 bits per heavy atom. The van der Waals surface area contributed by atoms with Crippen molar-refractivity contribution in [3.63, 3.8) is 0 Å². The van der Waals surface area contributed by atoms with Crippen LogP contribution in [0.2, 0.25) is 0 Å². The topological polar surface area (TPSA) is 72.6 Å². The van der Waals surface area contributed by atoms with E-state index in [-0.39, 0.29) is 5.91 Å². The maximum atomic E-state index is 12.0. The molecule has 0 atom stereocenters. The quantitative estimate of drug-likeness (QED) is 0.856. The van der Waals surface area contributed by atoms with E-state index in [1.54, 1.807) is 29.2 Å². The van der Waals surface area contributed by atoms with Gasteiger partial charge in [-0.1, -0.05) is 18.2 Å². The standard InChI is InChI=1S/C15H17N2O3/c16-15(19)20-13-7-3-2-6-12(13)8-9-14(18)17-10-4-1-5-11-17/h2-3,6-8H,1,4-5,10-11H2,(H2,16,19). The van der Waals surface area contributed by atoms with Crippen LogP contribution in [0.5, 0.6) is 5.75 Å². The van der Waals surface area contributed by atoms with Crippen molar-refractivity contribution < 1.29 is 14.3 Å². The summed E-state index contributed by atoms with van der Waals surface area (Å²) in [6.07, 6.45) is 6.60. The van der Waals surface area contributed by atoms with Gasteiger partial charge < -0.3 is 15.4 Å². The average Bonchev–Trinajstić information content (AvgIpc) is 2.46. The number of benzene rings is 1. The number of carbonyl (C=O) groups is 2. The Morgan fingerprint density at radius 3 is 2.60 bits per heavy atom. The first-order chi connectivity index (χ1) is 9.66. The molecule has 5 heteroatoms. The van der Waals surface area contributed by atoms with Crippen LogP contribution < -0.4 is 10.5 Å². The largest absolute Gasteiger partial charge is 0.410 e. The highest BCUT2D eigenvalue weighted by atomic mass is 16.5. The number of ether oxygens (including phenoxy) is 1. The first kappa shape index (κ1) is 14.1. The smallest absolute Gasteiger partial charge is 0.409 e. The second-order valence-electron chi connectivity index (χ2n) is 4.60. The molecule has 0 unspecified atom stereocenters. The molecule has 1 aromatic carbocycles. The van der Waals surface area contributed by atoms with Gasteiger partial charge in [0, 0.05) is 18.7 Å². The van der Waals surface area contributed by atoms with Crippen LogP contribution in [-0.2, 0) is 4.79 Å². The van der Waals surface area contributed by atoms with Crippen molar-refractivity contribution in [1.82, 2.24) is 4.90 Å². The number of piperidine rings is 1. The van der Waals surface area contributed by atoms with Crippen molar-refractivity contribution in [2.24, 2.45) is 5.73 Å². The highest BCUT2D eigenvalue weighted by Gasteiger charge is 2.14. The minimum absolute atomic E-state index is 0.140. The summed E-state index contributed by atoms with van der Waals surface area (Å²) in [7, 11) is 0. The molecule has 5 nitrogen and oxygen atoms in total. The van der Waals surface area contributed by atoms with Gasteiger partial charge in [0.2, 0.25) is 0 Å². The Balaban J connectivity index is 2.06. The molecule has 2 rings (SSSR count). The summed E-state index contributed by atoms with van der Waals surface area (Å²) in [6.45, 7) is 1.55. The Hall–Kier alpha value is -2.30. The van der Waals surface area contributed by atoms with Crippen molar-refractivity contribution in [1.29, 1.82) is 0 Å². The molecule has 1 aromatic rings. The number of primary amides is 1. The number of amides is 2. The van der Waals surface area contributed by atoms with Crippen molar-refractivity contribution in [3.05, 3.63) is 35.9 Å². The number of nitrogens with two attached hydrogens (primary N) is 1. The molecule has 0 saturated carbocycles. The second-order valence-corrected chi connectivity index (χ2v) is 4.60. The summed E-state index contributed by atoms with van der Waals surface area (Å²) >= 11 is 0. The lowest BCUT2D eigenvalue weighted by Crippen LogP contribution is -2.34. The van der Waals surface area contributed by atoms with Gasteiger partial charge in [0.05, 0.1) is 6.08 Å². The SMILES string of the molecule is NC(=O)Oc1ccccc1/C=[C]/C(=O)N1CCCCC1. The summed E-state index contributed by atoms with van der Waals surface area (Å²) in [6, 6.07) is 6.85. The van der Waals surface area contributed by atoms with Crippen molar-refractivity contribution in [2.45, 2.75) is 19.3 Å². The number of hydrogen-bond acceptors (Lipinski definition) is 3. The second kappa shape index (κ2) is 6.75.